The third kappa shape index (κ3) is 6.08. The molecule has 3 rings (SSSR count). The van der Waals surface area contributed by atoms with Crippen molar-refractivity contribution in [2.45, 2.75) is 37.2 Å². The lowest BCUT2D eigenvalue weighted by Gasteiger charge is -2.25. The molecular formula is C22H24N4O5S2. The van der Waals surface area contributed by atoms with Crippen molar-refractivity contribution >= 4 is 39.0 Å². The third-order valence-corrected chi connectivity index (χ3v) is 7.52. The van der Waals surface area contributed by atoms with Crippen LogP contribution >= 0.6 is 11.3 Å². The smallest absolute Gasteiger partial charge is 0.277 e. The highest BCUT2D eigenvalue weighted by Crippen LogP contribution is 2.27. The number of benzene rings is 2. The molecule has 0 spiro atoms. The normalized spacial score (nSPS) is 12.3. The Morgan fingerprint density at radius 3 is 2.64 bits per heavy atom. The van der Waals surface area contributed by atoms with Gasteiger partial charge in [0.25, 0.3) is 10.0 Å². The summed E-state index contributed by atoms with van der Waals surface area (Å²) in [7, 11) is -4.07. The summed E-state index contributed by atoms with van der Waals surface area (Å²) in [6, 6.07) is 12.0. The number of aryl methyl sites for hydroxylation is 1. The molecule has 0 aliphatic rings. The van der Waals surface area contributed by atoms with Crippen LogP contribution in [-0.2, 0) is 16.4 Å². The van der Waals surface area contributed by atoms with Crippen LogP contribution in [0.3, 0.4) is 0 Å². The lowest BCUT2D eigenvalue weighted by molar-refractivity contribution is 0.112. The molecule has 9 nitrogen and oxygen atoms in total. The molecule has 0 radical (unpaired) electrons. The number of anilines is 1. The van der Waals surface area contributed by atoms with Gasteiger partial charge in [-0.05, 0) is 53.9 Å². The van der Waals surface area contributed by atoms with Gasteiger partial charge >= 0.3 is 0 Å². The average Bonchev–Trinajstić information content (AvgIpc) is 3.31. The summed E-state index contributed by atoms with van der Waals surface area (Å²) < 4.78 is 27.9. The van der Waals surface area contributed by atoms with Crippen molar-refractivity contribution in [2.24, 2.45) is 5.18 Å². The van der Waals surface area contributed by atoms with Crippen molar-refractivity contribution in [1.29, 1.82) is 0 Å². The van der Waals surface area contributed by atoms with E-state index in [1.54, 1.807) is 24.3 Å². The number of nitrogens with one attached hydrogen (secondary N) is 1. The number of hydrogen-bond acceptors (Lipinski definition) is 9. The van der Waals surface area contributed by atoms with E-state index in [1.165, 1.54) is 41.8 Å². The molecule has 1 unspecified atom stereocenters. The van der Waals surface area contributed by atoms with Crippen LogP contribution in [0.1, 0.15) is 46.1 Å². The SMILES string of the molecule is CCC(O)c1ccc(N(NCCCc2ncc(C=O)s2)S(=O)(=O)c2cccc(N=O)c2)cc1. The molecule has 1 aromatic heterocycles. The first-order valence-corrected chi connectivity index (χ1v) is 12.5. The number of rotatable bonds is 12. The van der Waals surface area contributed by atoms with Crippen LogP contribution in [0.2, 0.25) is 0 Å². The van der Waals surface area contributed by atoms with Crippen molar-refractivity contribution in [2.75, 3.05) is 11.0 Å². The predicted molar refractivity (Wildman–Crippen MR) is 127 cm³/mol. The lowest BCUT2D eigenvalue weighted by Crippen LogP contribution is -2.43. The first-order valence-electron chi connectivity index (χ1n) is 10.3. The van der Waals surface area contributed by atoms with E-state index < -0.39 is 16.1 Å². The summed E-state index contributed by atoms with van der Waals surface area (Å²) in [6.07, 6.45) is 3.30. The molecule has 0 amide bonds. The standard InChI is InChI=1S/C22H24N4O5S2/c1-2-21(28)16-8-10-18(11-9-16)26(24-12-4-7-22-23-14-19(15-27)32-22)33(30,31)20-6-3-5-17(13-20)25-29/h3,5-6,8-11,13-15,21,24,28H,2,4,7,12H2,1H3. The Balaban J connectivity index is 1.83. The Labute approximate surface area is 196 Å². The molecule has 0 bridgehead atoms. The van der Waals surface area contributed by atoms with Gasteiger partial charge in [0.2, 0.25) is 0 Å². The van der Waals surface area contributed by atoms with E-state index in [4.69, 9.17) is 0 Å². The zero-order valence-corrected chi connectivity index (χ0v) is 19.6. The number of carbonyl (C=O) groups excluding carboxylic acids is 1. The largest absolute Gasteiger partial charge is 0.388 e. The number of nitrogens with zero attached hydrogens (tertiary/aromatic N) is 3. The fourth-order valence-electron chi connectivity index (χ4n) is 3.10. The molecule has 11 heteroatoms. The number of nitroso groups, excluding NO2 is 1. The van der Waals surface area contributed by atoms with E-state index in [-0.39, 0.29) is 10.6 Å². The van der Waals surface area contributed by atoms with Gasteiger partial charge in [-0.15, -0.1) is 16.2 Å². The number of sulfonamides is 1. The molecule has 0 saturated carbocycles. The van der Waals surface area contributed by atoms with Gasteiger partial charge in [0.05, 0.1) is 26.6 Å². The molecule has 0 saturated heterocycles. The summed E-state index contributed by atoms with van der Waals surface area (Å²) in [5, 5.41) is 13.7. The maximum absolute atomic E-state index is 13.4. The monoisotopic (exact) mass is 488 g/mol. The molecule has 174 valence electrons. The Hall–Kier alpha value is -2.99. The molecule has 2 aromatic carbocycles. The number of carbonyl (C=O) groups is 1. The molecule has 3 aromatic rings. The fraction of sp³-hybridized carbons (Fsp3) is 0.273. The lowest BCUT2D eigenvalue weighted by atomic mass is 10.1. The van der Waals surface area contributed by atoms with Gasteiger partial charge < -0.3 is 5.11 Å². The Kier molecular flexibility index (Phi) is 8.39. The second-order valence-electron chi connectivity index (χ2n) is 7.16. The Morgan fingerprint density at radius 2 is 2.00 bits per heavy atom. The summed E-state index contributed by atoms with van der Waals surface area (Å²) in [4.78, 5) is 26.3. The number of aromatic nitrogens is 1. The van der Waals surface area contributed by atoms with Gasteiger partial charge in [0, 0.05) is 19.2 Å². The van der Waals surface area contributed by atoms with Crippen molar-refractivity contribution in [3.8, 4) is 0 Å². The minimum absolute atomic E-state index is 0.00666. The molecule has 1 atom stereocenters. The third-order valence-electron chi connectivity index (χ3n) is 4.87. The van der Waals surface area contributed by atoms with Crippen LogP contribution in [0.5, 0.6) is 0 Å². The number of hydrazine groups is 1. The van der Waals surface area contributed by atoms with Crippen molar-refractivity contribution in [1.82, 2.24) is 10.4 Å². The van der Waals surface area contributed by atoms with Gasteiger partial charge in [0.15, 0.2) is 6.29 Å². The van der Waals surface area contributed by atoms with Crippen molar-refractivity contribution < 1.29 is 18.3 Å². The molecule has 1 heterocycles. The minimum Gasteiger partial charge on any atom is -0.388 e. The van der Waals surface area contributed by atoms with E-state index in [1.807, 2.05) is 6.92 Å². The van der Waals surface area contributed by atoms with Gasteiger partial charge in [-0.25, -0.2) is 10.4 Å². The van der Waals surface area contributed by atoms with Crippen LogP contribution in [0.25, 0.3) is 0 Å². The van der Waals surface area contributed by atoms with Gasteiger partial charge in [-0.1, -0.05) is 25.1 Å². The minimum atomic E-state index is -4.07. The van der Waals surface area contributed by atoms with E-state index in [9.17, 15) is 23.2 Å². The molecule has 0 aliphatic carbocycles. The van der Waals surface area contributed by atoms with E-state index >= 15 is 0 Å². The average molecular weight is 489 g/mol. The number of thiazole rings is 1. The summed E-state index contributed by atoms with van der Waals surface area (Å²) in [5.41, 5.74) is 3.99. The van der Waals surface area contributed by atoms with Crippen LogP contribution in [0.15, 0.2) is 64.8 Å². The van der Waals surface area contributed by atoms with Gasteiger partial charge in [0.1, 0.15) is 5.69 Å². The highest BCUT2D eigenvalue weighted by Gasteiger charge is 2.25. The van der Waals surface area contributed by atoms with Crippen molar-refractivity contribution in [3.63, 3.8) is 0 Å². The second-order valence-corrected chi connectivity index (χ2v) is 10.1. The Bertz CT molecular complexity index is 1200. The molecule has 33 heavy (non-hydrogen) atoms. The van der Waals surface area contributed by atoms with E-state index in [0.717, 1.165) is 15.7 Å². The quantitative estimate of drug-likeness (QED) is 0.170. The zero-order chi connectivity index (χ0) is 23.8. The van der Waals surface area contributed by atoms with E-state index in [2.05, 4.69) is 15.6 Å². The van der Waals surface area contributed by atoms with Crippen LogP contribution in [0.4, 0.5) is 11.4 Å². The summed E-state index contributed by atoms with van der Waals surface area (Å²) in [6.45, 7) is 2.16. The maximum atomic E-state index is 13.4. The summed E-state index contributed by atoms with van der Waals surface area (Å²) in [5.74, 6) is 0. The number of aldehydes is 1. The van der Waals surface area contributed by atoms with Crippen molar-refractivity contribution in [3.05, 3.63) is 75.1 Å². The van der Waals surface area contributed by atoms with Crippen LogP contribution in [0, 0.1) is 4.91 Å². The van der Waals surface area contributed by atoms with E-state index in [0.29, 0.717) is 41.9 Å². The molecular weight excluding hydrogens is 464 g/mol. The van der Waals surface area contributed by atoms with Crippen LogP contribution < -0.4 is 9.84 Å². The maximum Gasteiger partial charge on any atom is 0.277 e. The topological polar surface area (TPSA) is 129 Å². The first kappa shape index (κ1) is 24.6. The number of aliphatic hydroxyl groups excluding tert-OH is 1. The molecule has 0 fully saturated rings. The molecule has 0 aliphatic heterocycles. The number of aliphatic hydroxyl groups is 1. The zero-order valence-electron chi connectivity index (χ0n) is 17.9. The van der Waals surface area contributed by atoms with Gasteiger partial charge in [-0.3, -0.25) is 4.79 Å². The first-order chi connectivity index (χ1) is 15.9. The second kappa shape index (κ2) is 11.2. The van der Waals surface area contributed by atoms with Crippen LogP contribution in [-0.4, -0.2) is 31.3 Å². The fourth-order valence-corrected chi connectivity index (χ4v) is 5.27. The number of hydrogen-bond donors (Lipinski definition) is 2. The predicted octanol–water partition coefficient (Wildman–Crippen LogP) is 4.13. The molecule has 2 N–H and O–H groups in total. The Morgan fingerprint density at radius 1 is 1.24 bits per heavy atom. The summed E-state index contributed by atoms with van der Waals surface area (Å²) >= 11 is 1.30. The highest BCUT2D eigenvalue weighted by atomic mass is 32.2. The highest BCUT2D eigenvalue weighted by molar-refractivity contribution is 7.92. The van der Waals surface area contributed by atoms with Gasteiger partial charge in [-0.2, -0.15) is 12.8 Å².